The van der Waals surface area contributed by atoms with E-state index in [-0.39, 0.29) is 6.04 Å². The predicted octanol–water partition coefficient (Wildman–Crippen LogP) is 2.63. The molecule has 0 saturated carbocycles. The van der Waals surface area contributed by atoms with Crippen LogP contribution < -0.4 is 5.73 Å². The first kappa shape index (κ1) is 12.8. The molecule has 0 aliphatic carbocycles. The van der Waals surface area contributed by atoms with Crippen molar-refractivity contribution in [1.82, 2.24) is 15.0 Å². The molecule has 0 aliphatic rings. The fraction of sp³-hybridized carbons (Fsp3) is 0.429. The fourth-order valence-electron chi connectivity index (χ4n) is 1.81. The van der Waals surface area contributed by atoms with E-state index in [1.54, 1.807) is 4.68 Å². The molecule has 1 atom stereocenters. The first-order valence-electron chi connectivity index (χ1n) is 6.48. The van der Waals surface area contributed by atoms with Crippen LogP contribution in [0.1, 0.15) is 44.0 Å². The minimum Gasteiger partial charge on any atom is -0.323 e. The van der Waals surface area contributed by atoms with Crippen molar-refractivity contribution in [3.05, 3.63) is 41.7 Å². The minimum absolute atomic E-state index is 0.0809. The summed E-state index contributed by atoms with van der Waals surface area (Å²) in [6.07, 6.45) is 5.48. The molecule has 0 radical (unpaired) electrons. The Morgan fingerprint density at radius 1 is 1.28 bits per heavy atom. The molecule has 2 N–H and O–H groups in total. The van der Waals surface area contributed by atoms with Crippen LogP contribution in [0, 0.1) is 0 Å². The highest BCUT2D eigenvalue weighted by molar-refractivity contribution is 5.34. The van der Waals surface area contributed by atoms with Gasteiger partial charge in [-0.15, -0.1) is 5.10 Å². The van der Waals surface area contributed by atoms with Gasteiger partial charge in [-0.25, -0.2) is 4.68 Å². The number of aromatic nitrogens is 3. The number of hydrogen-bond donors (Lipinski definition) is 1. The summed E-state index contributed by atoms with van der Waals surface area (Å²) >= 11 is 0. The zero-order valence-electron chi connectivity index (χ0n) is 11.0. The fourth-order valence-corrected chi connectivity index (χ4v) is 1.81. The maximum atomic E-state index is 5.77. The molecule has 0 fully saturated rings. The Morgan fingerprint density at radius 2 is 2.00 bits per heavy atom. The predicted molar refractivity (Wildman–Crippen MR) is 72.6 cm³/mol. The van der Waals surface area contributed by atoms with Crippen LogP contribution in [0.5, 0.6) is 0 Å². The third-order valence-electron chi connectivity index (χ3n) is 3.00. The Hall–Kier alpha value is -1.68. The molecule has 0 amide bonds. The molecule has 0 bridgehead atoms. The molecule has 1 heterocycles. The Kier molecular flexibility index (Phi) is 4.10. The van der Waals surface area contributed by atoms with Gasteiger partial charge in [0.15, 0.2) is 0 Å². The van der Waals surface area contributed by atoms with E-state index < -0.39 is 0 Å². The molecule has 4 heteroatoms. The largest absolute Gasteiger partial charge is 0.323 e. The number of aryl methyl sites for hydroxylation is 1. The van der Waals surface area contributed by atoms with Crippen molar-refractivity contribution in [3.63, 3.8) is 0 Å². The number of nitrogens with two attached hydrogens (primary N) is 1. The number of rotatable bonds is 5. The standard InChI is InChI=1S/C14H20N4/c1-3-4-5-12-6-8-13(9-7-12)18-10-14(11(2)15)16-17-18/h6-11H,3-5,15H2,1-2H3. The molecule has 2 aromatic rings. The third kappa shape index (κ3) is 2.96. The monoisotopic (exact) mass is 244 g/mol. The molecule has 2 rings (SSSR count). The molecule has 0 aliphatic heterocycles. The van der Waals surface area contributed by atoms with Gasteiger partial charge in [-0.1, -0.05) is 30.7 Å². The molecule has 18 heavy (non-hydrogen) atoms. The Bertz CT molecular complexity index is 485. The van der Waals surface area contributed by atoms with Gasteiger partial charge in [0.05, 0.1) is 17.6 Å². The van der Waals surface area contributed by atoms with E-state index in [0.717, 1.165) is 17.8 Å². The molecule has 0 spiro atoms. The normalized spacial score (nSPS) is 12.6. The highest BCUT2D eigenvalue weighted by Crippen LogP contribution is 2.12. The Labute approximate surface area is 108 Å². The molecule has 1 aromatic heterocycles. The second-order valence-electron chi connectivity index (χ2n) is 4.65. The van der Waals surface area contributed by atoms with Crippen LogP contribution in [-0.4, -0.2) is 15.0 Å². The van der Waals surface area contributed by atoms with E-state index in [9.17, 15) is 0 Å². The van der Waals surface area contributed by atoms with Gasteiger partial charge in [0.2, 0.25) is 0 Å². The van der Waals surface area contributed by atoms with Crippen LogP contribution >= 0.6 is 0 Å². The first-order valence-corrected chi connectivity index (χ1v) is 6.48. The molecule has 1 aromatic carbocycles. The van der Waals surface area contributed by atoms with Crippen molar-refractivity contribution in [2.75, 3.05) is 0 Å². The zero-order valence-corrected chi connectivity index (χ0v) is 11.0. The summed E-state index contributed by atoms with van der Waals surface area (Å²) in [6, 6.07) is 8.37. The van der Waals surface area contributed by atoms with Crippen LogP contribution in [0.2, 0.25) is 0 Å². The van der Waals surface area contributed by atoms with Gasteiger partial charge in [0.25, 0.3) is 0 Å². The van der Waals surface area contributed by atoms with Crippen LogP contribution in [0.25, 0.3) is 5.69 Å². The van der Waals surface area contributed by atoms with E-state index in [2.05, 4.69) is 41.5 Å². The zero-order chi connectivity index (χ0) is 13.0. The van der Waals surface area contributed by atoms with Gasteiger partial charge in [0, 0.05) is 6.04 Å². The number of nitrogens with zero attached hydrogens (tertiary/aromatic N) is 3. The number of hydrogen-bond acceptors (Lipinski definition) is 3. The quantitative estimate of drug-likeness (QED) is 0.879. The summed E-state index contributed by atoms with van der Waals surface area (Å²) < 4.78 is 1.77. The van der Waals surface area contributed by atoms with Crippen LogP contribution in [0.15, 0.2) is 30.5 Å². The lowest BCUT2D eigenvalue weighted by Crippen LogP contribution is -2.04. The number of unbranched alkanes of at least 4 members (excludes halogenated alkanes) is 1. The molecule has 4 nitrogen and oxygen atoms in total. The second-order valence-corrected chi connectivity index (χ2v) is 4.65. The topological polar surface area (TPSA) is 56.7 Å². The van der Waals surface area contributed by atoms with Crippen LogP contribution in [-0.2, 0) is 6.42 Å². The highest BCUT2D eigenvalue weighted by Gasteiger charge is 2.06. The highest BCUT2D eigenvalue weighted by atomic mass is 15.4. The van der Waals surface area contributed by atoms with Crippen LogP contribution in [0.4, 0.5) is 0 Å². The lowest BCUT2D eigenvalue weighted by atomic mass is 10.1. The van der Waals surface area contributed by atoms with Gasteiger partial charge in [-0.05, 0) is 37.5 Å². The minimum atomic E-state index is -0.0809. The van der Waals surface area contributed by atoms with Gasteiger partial charge >= 0.3 is 0 Å². The van der Waals surface area contributed by atoms with E-state index in [0.29, 0.717) is 0 Å². The average Bonchev–Trinajstić information content (AvgIpc) is 2.87. The summed E-state index contributed by atoms with van der Waals surface area (Å²) in [5, 5.41) is 8.14. The van der Waals surface area contributed by atoms with Crippen molar-refractivity contribution >= 4 is 0 Å². The molecule has 0 saturated heterocycles. The second kappa shape index (κ2) is 5.78. The average molecular weight is 244 g/mol. The summed E-state index contributed by atoms with van der Waals surface area (Å²) in [5.74, 6) is 0. The maximum absolute atomic E-state index is 5.77. The summed E-state index contributed by atoms with van der Waals surface area (Å²) in [4.78, 5) is 0. The van der Waals surface area contributed by atoms with Gasteiger partial charge in [-0.3, -0.25) is 0 Å². The van der Waals surface area contributed by atoms with Gasteiger partial charge in [-0.2, -0.15) is 0 Å². The molecule has 1 unspecified atom stereocenters. The molecule has 96 valence electrons. The lowest BCUT2D eigenvalue weighted by molar-refractivity contribution is 0.756. The summed E-state index contributed by atoms with van der Waals surface area (Å²) in [7, 11) is 0. The van der Waals surface area contributed by atoms with Crippen molar-refractivity contribution in [2.45, 2.75) is 39.2 Å². The van der Waals surface area contributed by atoms with Crippen molar-refractivity contribution in [3.8, 4) is 5.69 Å². The van der Waals surface area contributed by atoms with Gasteiger partial charge in [0.1, 0.15) is 0 Å². The number of benzene rings is 1. The lowest BCUT2D eigenvalue weighted by Gasteiger charge is -2.03. The van der Waals surface area contributed by atoms with E-state index in [4.69, 9.17) is 5.73 Å². The van der Waals surface area contributed by atoms with E-state index in [1.165, 1.54) is 18.4 Å². The third-order valence-corrected chi connectivity index (χ3v) is 3.00. The van der Waals surface area contributed by atoms with Gasteiger partial charge < -0.3 is 5.73 Å². The summed E-state index contributed by atoms with van der Waals surface area (Å²) in [5.41, 5.74) is 8.97. The van der Waals surface area contributed by atoms with E-state index in [1.807, 2.05) is 13.1 Å². The first-order chi connectivity index (χ1) is 8.70. The van der Waals surface area contributed by atoms with Crippen molar-refractivity contribution < 1.29 is 0 Å². The Balaban J connectivity index is 2.12. The maximum Gasteiger partial charge on any atom is 0.0995 e. The molecular weight excluding hydrogens is 224 g/mol. The SMILES string of the molecule is CCCCc1ccc(-n2cc(C(C)N)nn2)cc1. The smallest absolute Gasteiger partial charge is 0.0995 e. The van der Waals surface area contributed by atoms with Crippen LogP contribution in [0.3, 0.4) is 0 Å². The van der Waals surface area contributed by atoms with E-state index >= 15 is 0 Å². The van der Waals surface area contributed by atoms with Crippen molar-refractivity contribution in [1.29, 1.82) is 0 Å². The summed E-state index contributed by atoms with van der Waals surface area (Å²) in [6.45, 7) is 4.11. The van der Waals surface area contributed by atoms with Crippen molar-refractivity contribution in [2.24, 2.45) is 5.73 Å². The Morgan fingerprint density at radius 3 is 2.56 bits per heavy atom. The molecular formula is C14H20N4.